The molecule has 0 fully saturated rings. The molecule has 7 nitrogen and oxygen atoms in total. The van der Waals surface area contributed by atoms with Crippen LogP contribution in [0.4, 0.5) is 14.9 Å². The SMILES string of the molecule is Cc1ccc(NC(=O)O[C@@H](c2ccc(O)c(F)c2)C(C)(C)CC/C=C/C(=O)NO)cc1. The maximum Gasteiger partial charge on any atom is 0.412 e. The van der Waals surface area contributed by atoms with Gasteiger partial charge in [0.2, 0.25) is 0 Å². The number of carbonyl (C=O) groups excluding carboxylic acids is 2. The molecule has 2 amide bonds. The van der Waals surface area contributed by atoms with E-state index in [1.165, 1.54) is 23.7 Å². The van der Waals surface area contributed by atoms with Crippen molar-refractivity contribution >= 4 is 17.7 Å². The third-order valence-corrected chi connectivity index (χ3v) is 4.84. The Morgan fingerprint density at radius 3 is 2.48 bits per heavy atom. The molecule has 31 heavy (non-hydrogen) atoms. The number of rotatable bonds is 8. The van der Waals surface area contributed by atoms with Crippen molar-refractivity contribution in [2.24, 2.45) is 5.41 Å². The van der Waals surface area contributed by atoms with E-state index >= 15 is 0 Å². The number of aromatic hydroxyl groups is 1. The van der Waals surface area contributed by atoms with Gasteiger partial charge in [0.1, 0.15) is 6.10 Å². The quantitative estimate of drug-likeness (QED) is 0.268. The van der Waals surface area contributed by atoms with Crippen molar-refractivity contribution in [3.63, 3.8) is 0 Å². The molecule has 4 N–H and O–H groups in total. The molecule has 8 heteroatoms. The van der Waals surface area contributed by atoms with Gasteiger partial charge in [-0.05, 0) is 49.6 Å². The first-order valence-corrected chi connectivity index (χ1v) is 9.75. The molecule has 0 spiro atoms. The molecule has 0 unspecified atom stereocenters. The highest BCUT2D eigenvalue weighted by molar-refractivity contribution is 5.86. The van der Waals surface area contributed by atoms with Crippen LogP contribution in [-0.2, 0) is 9.53 Å². The fraction of sp³-hybridized carbons (Fsp3) is 0.304. The zero-order chi connectivity index (χ0) is 23.0. The van der Waals surface area contributed by atoms with Gasteiger partial charge in [0.15, 0.2) is 11.6 Å². The standard InChI is InChI=1S/C23H27FN2O5/c1-15-7-10-17(11-8-15)25-22(29)31-21(16-9-12-19(27)18(24)14-16)23(2,3)13-5-4-6-20(28)26-30/h4,6-12,14,21,27,30H,5,13H2,1-3H3,(H,25,29)(H,26,28)/b6-4+/t21-/m0/s1. The molecule has 0 bridgehead atoms. The number of phenolic OH excluding ortho intramolecular Hbond substituents is 1. The zero-order valence-corrected chi connectivity index (χ0v) is 17.7. The first kappa shape index (κ1) is 23.9. The number of hydrogen-bond donors (Lipinski definition) is 4. The van der Waals surface area contributed by atoms with E-state index in [0.717, 1.165) is 11.6 Å². The number of anilines is 1. The van der Waals surface area contributed by atoms with Crippen LogP contribution in [0.1, 0.15) is 43.9 Å². The molecule has 0 heterocycles. The van der Waals surface area contributed by atoms with Crippen LogP contribution in [0.25, 0.3) is 0 Å². The van der Waals surface area contributed by atoms with Gasteiger partial charge >= 0.3 is 6.09 Å². The highest BCUT2D eigenvalue weighted by atomic mass is 19.1. The average Bonchev–Trinajstić information content (AvgIpc) is 2.73. The summed E-state index contributed by atoms with van der Waals surface area (Å²) in [4.78, 5) is 23.7. The van der Waals surface area contributed by atoms with E-state index in [9.17, 15) is 19.1 Å². The number of hydrogen-bond acceptors (Lipinski definition) is 5. The first-order chi connectivity index (χ1) is 14.6. The lowest BCUT2D eigenvalue weighted by Crippen LogP contribution is -2.29. The van der Waals surface area contributed by atoms with Crippen molar-refractivity contribution in [1.29, 1.82) is 0 Å². The summed E-state index contributed by atoms with van der Waals surface area (Å²) in [6.07, 6.45) is 2.15. The maximum absolute atomic E-state index is 14.0. The van der Waals surface area contributed by atoms with Gasteiger partial charge in [-0.1, -0.05) is 43.7 Å². The van der Waals surface area contributed by atoms with Gasteiger partial charge in [-0.2, -0.15) is 0 Å². The van der Waals surface area contributed by atoms with E-state index in [4.69, 9.17) is 9.94 Å². The van der Waals surface area contributed by atoms with Crippen LogP contribution in [-0.4, -0.2) is 22.3 Å². The van der Waals surface area contributed by atoms with E-state index in [2.05, 4.69) is 5.32 Å². The molecule has 0 saturated heterocycles. The van der Waals surface area contributed by atoms with Crippen molar-refractivity contribution in [3.8, 4) is 5.75 Å². The van der Waals surface area contributed by atoms with Crippen molar-refractivity contribution < 1.29 is 29.0 Å². The second-order valence-corrected chi connectivity index (χ2v) is 7.89. The molecule has 2 rings (SSSR count). The molecular formula is C23H27FN2O5. The number of nitrogens with one attached hydrogen (secondary N) is 2. The summed E-state index contributed by atoms with van der Waals surface area (Å²) in [5, 5.41) is 20.7. The Balaban J connectivity index is 2.21. The second kappa shape index (κ2) is 10.6. The predicted octanol–water partition coefficient (Wildman–Crippen LogP) is 5.00. The second-order valence-electron chi connectivity index (χ2n) is 7.89. The number of halogens is 1. The van der Waals surface area contributed by atoms with Gasteiger partial charge in [0.05, 0.1) is 0 Å². The van der Waals surface area contributed by atoms with Crippen LogP contribution in [0.5, 0.6) is 5.75 Å². The fourth-order valence-electron chi connectivity index (χ4n) is 3.07. The average molecular weight is 430 g/mol. The van der Waals surface area contributed by atoms with Gasteiger partial charge in [0, 0.05) is 17.2 Å². The molecule has 0 aliphatic heterocycles. The topological polar surface area (TPSA) is 108 Å². The summed E-state index contributed by atoms with van der Waals surface area (Å²) >= 11 is 0. The normalized spacial score (nSPS) is 12.4. The Bertz CT molecular complexity index is 941. The number of carbonyl (C=O) groups is 2. The van der Waals surface area contributed by atoms with E-state index in [-0.39, 0.29) is 0 Å². The molecule has 2 aromatic carbocycles. The number of benzene rings is 2. The van der Waals surface area contributed by atoms with Gasteiger partial charge in [-0.15, -0.1) is 0 Å². The molecule has 0 saturated carbocycles. The number of hydroxylamine groups is 1. The monoisotopic (exact) mass is 430 g/mol. The lowest BCUT2D eigenvalue weighted by atomic mass is 9.78. The lowest BCUT2D eigenvalue weighted by molar-refractivity contribution is -0.124. The van der Waals surface area contributed by atoms with Crippen LogP contribution >= 0.6 is 0 Å². The molecule has 0 aliphatic rings. The van der Waals surface area contributed by atoms with Crippen LogP contribution in [0.3, 0.4) is 0 Å². The van der Waals surface area contributed by atoms with E-state index < -0.39 is 35.1 Å². The minimum Gasteiger partial charge on any atom is -0.505 e. The van der Waals surface area contributed by atoms with Crippen LogP contribution < -0.4 is 10.8 Å². The Kier molecular flexibility index (Phi) is 8.15. The van der Waals surface area contributed by atoms with Crippen molar-refractivity contribution in [3.05, 3.63) is 71.6 Å². The van der Waals surface area contributed by atoms with Gasteiger partial charge in [-0.25, -0.2) is 14.7 Å². The number of ether oxygens (including phenoxy) is 1. The van der Waals surface area contributed by atoms with Crippen molar-refractivity contribution in [2.75, 3.05) is 5.32 Å². The summed E-state index contributed by atoms with van der Waals surface area (Å²) in [5.74, 6) is -1.97. The molecule has 0 aromatic heterocycles. The largest absolute Gasteiger partial charge is 0.505 e. The van der Waals surface area contributed by atoms with E-state index in [1.54, 1.807) is 18.2 Å². The van der Waals surface area contributed by atoms with Crippen LogP contribution in [0, 0.1) is 18.2 Å². The van der Waals surface area contributed by atoms with Gasteiger partial charge in [-0.3, -0.25) is 15.3 Å². The first-order valence-electron chi connectivity index (χ1n) is 9.75. The number of aryl methyl sites for hydroxylation is 1. The Hall–Kier alpha value is -3.39. The van der Waals surface area contributed by atoms with Gasteiger partial charge < -0.3 is 9.84 Å². The lowest BCUT2D eigenvalue weighted by Gasteiger charge is -2.34. The minimum atomic E-state index is -0.840. The van der Waals surface area contributed by atoms with E-state index in [1.807, 2.05) is 32.9 Å². The summed E-state index contributed by atoms with van der Waals surface area (Å²) < 4.78 is 19.7. The maximum atomic E-state index is 14.0. The number of allylic oxidation sites excluding steroid dienone is 1. The number of phenols is 1. The summed E-state index contributed by atoms with van der Waals surface area (Å²) in [7, 11) is 0. The Labute approximate surface area is 180 Å². The summed E-state index contributed by atoms with van der Waals surface area (Å²) in [5.41, 5.74) is 2.83. The van der Waals surface area contributed by atoms with Crippen molar-refractivity contribution in [2.45, 2.75) is 39.7 Å². The molecular weight excluding hydrogens is 403 g/mol. The summed E-state index contributed by atoms with van der Waals surface area (Å²) in [6.45, 7) is 5.63. The van der Waals surface area contributed by atoms with Crippen LogP contribution in [0.2, 0.25) is 0 Å². The highest BCUT2D eigenvalue weighted by Gasteiger charge is 2.34. The summed E-state index contributed by atoms with van der Waals surface area (Å²) in [6, 6.07) is 11.0. The van der Waals surface area contributed by atoms with Gasteiger partial charge in [0.25, 0.3) is 5.91 Å². The highest BCUT2D eigenvalue weighted by Crippen LogP contribution is 2.41. The molecule has 0 radical (unpaired) electrons. The fourth-order valence-corrected chi connectivity index (χ4v) is 3.07. The minimum absolute atomic E-state index is 0.386. The third kappa shape index (κ3) is 7.11. The van der Waals surface area contributed by atoms with E-state index in [0.29, 0.717) is 24.1 Å². The third-order valence-electron chi connectivity index (χ3n) is 4.84. The molecule has 2 aromatic rings. The van der Waals surface area contributed by atoms with Crippen LogP contribution in [0.15, 0.2) is 54.6 Å². The zero-order valence-electron chi connectivity index (χ0n) is 17.7. The molecule has 0 aliphatic carbocycles. The van der Waals surface area contributed by atoms with Crippen molar-refractivity contribution in [1.82, 2.24) is 5.48 Å². The molecule has 166 valence electrons. The smallest absolute Gasteiger partial charge is 0.412 e. The molecule has 1 atom stereocenters. The number of amides is 2. The Morgan fingerprint density at radius 2 is 1.87 bits per heavy atom. The Morgan fingerprint density at radius 1 is 1.19 bits per heavy atom. The predicted molar refractivity (Wildman–Crippen MR) is 114 cm³/mol.